The second-order valence-electron chi connectivity index (χ2n) is 13.0. The first kappa shape index (κ1) is 49.2. The summed E-state index contributed by atoms with van der Waals surface area (Å²) in [7, 11) is 0. The molecular formula is C37H71F3N2O7. The Morgan fingerprint density at radius 2 is 1.12 bits per heavy atom. The summed E-state index contributed by atoms with van der Waals surface area (Å²) in [6.07, 6.45) is 18.3. The van der Waals surface area contributed by atoms with Gasteiger partial charge in [-0.3, -0.25) is 9.68 Å². The van der Waals surface area contributed by atoms with Crippen molar-refractivity contribution in [3.63, 3.8) is 0 Å². The van der Waals surface area contributed by atoms with Crippen LogP contribution in [0.1, 0.15) is 169 Å². The van der Waals surface area contributed by atoms with E-state index in [1.54, 1.807) is 0 Å². The molecule has 49 heavy (non-hydrogen) atoms. The topological polar surface area (TPSA) is 128 Å². The highest BCUT2D eigenvalue weighted by atomic mass is 19.4. The van der Waals surface area contributed by atoms with Crippen molar-refractivity contribution in [3.05, 3.63) is 0 Å². The summed E-state index contributed by atoms with van der Waals surface area (Å²) in [6.45, 7) is 13.2. The Bertz CT molecular complexity index is 776. The number of hydrogen-bond acceptors (Lipinski definition) is 8. The van der Waals surface area contributed by atoms with Gasteiger partial charge >= 0.3 is 24.1 Å². The number of halogens is 3. The number of aliphatic carboxylic acids is 1. The summed E-state index contributed by atoms with van der Waals surface area (Å²) in [5.41, 5.74) is 5.77. The minimum absolute atomic E-state index is 0.00470. The zero-order valence-electron chi connectivity index (χ0n) is 31.3. The van der Waals surface area contributed by atoms with Crippen molar-refractivity contribution in [2.24, 2.45) is 11.7 Å². The van der Waals surface area contributed by atoms with Crippen LogP contribution in [0.25, 0.3) is 0 Å². The van der Waals surface area contributed by atoms with E-state index in [0.717, 1.165) is 84.0 Å². The molecule has 0 saturated carbocycles. The quantitative estimate of drug-likeness (QED) is 0.0303. The molecule has 292 valence electrons. The Morgan fingerprint density at radius 1 is 0.673 bits per heavy atom. The van der Waals surface area contributed by atoms with Gasteiger partial charge in [-0.2, -0.15) is 18.1 Å². The molecule has 12 heteroatoms. The molecule has 0 bridgehead atoms. The lowest BCUT2D eigenvalue weighted by atomic mass is 9.93. The van der Waals surface area contributed by atoms with Gasteiger partial charge in [0.1, 0.15) is 6.10 Å². The number of alkyl halides is 3. The van der Waals surface area contributed by atoms with Crippen LogP contribution in [0.3, 0.4) is 0 Å². The molecule has 0 aromatic rings. The maximum atomic E-state index is 12.1. The standard InChI is InChI=1S/C35H70N2O5.C2HF3O2/c1-5-9-22-32(23-10-6-2)26-31-40-34(38)24-17-13-11-15-19-28-37(30-21-27-36)29-20-16-12-14-18-25-35(39)42-41-33(7-3)8-4;3-2(4,5)1(6)7/h32-33H,5-31,36H2,1-4H3;(H,6,7). The van der Waals surface area contributed by atoms with Gasteiger partial charge in [-0.1, -0.05) is 105 Å². The van der Waals surface area contributed by atoms with Gasteiger partial charge in [-0.15, -0.1) is 0 Å². The normalized spacial score (nSPS) is 11.6. The van der Waals surface area contributed by atoms with Gasteiger partial charge in [0.05, 0.1) is 6.61 Å². The van der Waals surface area contributed by atoms with Crippen LogP contribution in [-0.4, -0.2) is 73.0 Å². The number of hydrogen-bond donors (Lipinski definition) is 2. The number of unbranched alkanes of at least 4 members (excludes halogenated alkanes) is 10. The number of esters is 1. The molecule has 0 amide bonds. The van der Waals surface area contributed by atoms with Gasteiger partial charge in [0, 0.05) is 12.8 Å². The second kappa shape index (κ2) is 34.5. The van der Waals surface area contributed by atoms with Crippen molar-refractivity contribution in [1.82, 2.24) is 4.90 Å². The first-order chi connectivity index (χ1) is 23.4. The zero-order valence-corrected chi connectivity index (χ0v) is 31.3. The van der Waals surface area contributed by atoms with E-state index in [0.29, 0.717) is 25.4 Å². The number of carbonyl (C=O) groups excluding carboxylic acids is 2. The third-order valence-corrected chi connectivity index (χ3v) is 8.54. The summed E-state index contributed by atoms with van der Waals surface area (Å²) in [6, 6.07) is 0. The van der Waals surface area contributed by atoms with Crippen molar-refractivity contribution in [2.75, 3.05) is 32.8 Å². The maximum absolute atomic E-state index is 12.1. The van der Waals surface area contributed by atoms with E-state index in [1.807, 2.05) is 13.8 Å². The van der Waals surface area contributed by atoms with Crippen molar-refractivity contribution in [1.29, 1.82) is 0 Å². The van der Waals surface area contributed by atoms with E-state index in [1.165, 1.54) is 70.6 Å². The highest BCUT2D eigenvalue weighted by Gasteiger charge is 2.38. The molecule has 0 unspecified atom stereocenters. The SMILES string of the molecule is CCCCC(CCCC)CCOC(=O)CCCCCCCN(CCCN)CCCCCCCC(=O)OOC(CC)CC.O=C(O)C(F)(F)F. The Kier molecular flexibility index (Phi) is 34.7. The summed E-state index contributed by atoms with van der Waals surface area (Å²) in [5, 5.41) is 7.12. The zero-order chi connectivity index (χ0) is 37.2. The Labute approximate surface area is 295 Å². The van der Waals surface area contributed by atoms with Crippen molar-refractivity contribution < 1.29 is 47.2 Å². The molecule has 0 aliphatic carbocycles. The molecule has 0 heterocycles. The van der Waals surface area contributed by atoms with Crippen molar-refractivity contribution >= 4 is 17.9 Å². The molecule has 0 atom stereocenters. The highest BCUT2D eigenvalue weighted by molar-refractivity contribution is 5.73. The number of nitrogens with two attached hydrogens (primary N) is 1. The van der Waals surface area contributed by atoms with Gasteiger partial charge < -0.3 is 20.5 Å². The van der Waals surface area contributed by atoms with E-state index >= 15 is 0 Å². The van der Waals surface area contributed by atoms with Gasteiger partial charge in [0.15, 0.2) is 0 Å². The summed E-state index contributed by atoms with van der Waals surface area (Å²) < 4.78 is 37.3. The highest BCUT2D eigenvalue weighted by Crippen LogP contribution is 2.20. The summed E-state index contributed by atoms with van der Waals surface area (Å²) >= 11 is 0. The summed E-state index contributed by atoms with van der Waals surface area (Å²) in [4.78, 5) is 45.5. The second-order valence-corrected chi connectivity index (χ2v) is 13.0. The molecule has 0 saturated heterocycles. The minimum atomic E-state index is -5.08. The van der Waals surface area contributed by atoms with Gasteiger partial charge in [-0.25, -0.2) is 9.59 Å². The Balaban J connectivity index is 0. The van der Waals surface area contributed by atoms with E-state index < -0.39 is 12.1 Å². The van der Waals surface area contributed by atoms with Crippen LogP contribution >= 0.6 is 0 Å². The number of ether oxygens (including phenoxy) is 1. The number of carboxylic acids is 1. The number of carboxylic acid groups (broad SMARTS) is 1. The third kappa shape index (κ3) is 34.3. The largest absolute Gasteiger partial charge is 0.490 e. The Morgan fingerprint density at radius 3 is 1.57 bits per heavy atom. The van der Waals surface area contributed by atoms with Crippen LogP contribution in [0, 0.1) is 5.92 Å². The fourth-order valence-corrected chi connectivity index (χ4v) is 5.34. The lowest BCUT2D eigenvalue weighted by molar-refractivity contribution is -0.298. The van der Waals surface area contributed by atoms with E-state index in [-0.39, 0.29) is 18.0 Å². The molecule has 3 N–H and O–H groups in total. The van der Waals surface area contributed by atoms with Gasteiger partial charge in [0.2, 0.25) is 0 Å². The fraction of sp³-hybridized carbons (Fsp3) is 0.919. The lowest BCUT2D eigenvalue weighted by Gasteiger charge is -2.22. The van der Waals surface area contributed by atoms with Crippen LogP contribution < -0.4 is 5.73 Å². The first-order valence-corrected chi connectivity index (χ1v) is 19.2. The maximum Gasteiger partial charge on any atom is 0.490 e. The molecule has 0 aliphatic heterocycles. The molecule has 0 aliphatic rings. The van der Waals surface area contributed by atoms with E-state index in [9.17, 15) is 22.8 Å². The van der Waals surface area contributed by atoms with E-state index in [4.69, 9.17) is 30.1 Å². The lowest BCUT2D eigenvalue weighted by Crippen LogP contribution is -2.28. The molecule has 0 fully saturated rings. The molecular weight excluding hydrogens is 641 g/mol. The summed E-state index contributed by atoms with van der Waals surface area (Å²) in [5.74, 6) is -2.31. The van der Waals surface area contributed by atoms with Crippen LogP contribution in [0.4, 0.5) is 13.2 Å². The average molecular weight is 713 g/mol. The molecule has 0 aromatic heterocycles. The number of rotatable bonds is 32. The average Bonchev–Trinajstić information content (AvgIpc) is 3.07. The first-order valence-electron chi connectivity index (χ1n) is 19.2. The van der Waals surface area contributed by atoms with Crippen LogP contribution in [0.2, 0.25) is 0 Å². The predicted octanol–water partition coefficient (Wildman–Crippen LogP) is 9.55. The van der Waals surface area contributed by atoms with E-state index in [2.05, 4.69) is 18.7 Å². The molecule has 0 rings (SSSR count). The molecule has 0 aromatic carbocycles. The smallest absolute Gasteiger partial charge is 0.475 e. The number of carbonyl (C=O) groups is 3. The Hall–Kier alpha value is -1.92. The number of nitrogens with zero attached hydrogens (tertiary/aromatic N) is 1. The van der Waals surface area contributed by atoms with Crippen LogP contribution in [0.15, 0.2) is 0 Å². The molecule has 0 spiro atoms. The molecule has 0 radical (unpaired) electrons. The predicted molar refractivity (Wildman–Crippen MR) is 189 cm³/mol. The fourth-order valence-electron chi connectivity index (χ4n) is 5.34. The monoisotopic (exact) mass is 713 g/mol. The minimum Gasteiger partial charge on any atom is -0.475 e. The molecule has 9 nitrogen and oxygen atoms in total. The third-order valence-electron chi connectivity index (χ3n) is 8.54. The van der Waals surface area contributed by atoms with Crippen LogP contribution in [-0.2, 0) is 28.9 Å². The van der Waals surface area contributed by atoms with Gasteiger partial charge in [-0.05, 0) is 83.5 Å². The van der Waals surface area contributed by atoms with Crippen LogP contribution in [0.5, 0.6) is 0 Å². The van der Waals surface area contributed by atoms with Crippen molar-refractivity contribution in [3.8, 4) is 0 Å². The van der Waals surface area contributed by atoms with Crippen molar-refractivity contribution in [2.45, 2.75) is 181 Å². The van der Waals surface area contributed by atoms with Gasteiger partial charge in [0.25, 0.3) is 0 Å².